The molecule has 2 rings (SSSR count). The Labute approximate surface area is 88.7 Å². The van der Waals surface area contributed by atoms with Gasteiger partial charge in [0.15, 0.2) is 0 Å². The highest BCUT2D eigenvalue weighted by atomic mass is 19.1. The highest BCUT2D eigenvalue weighted by Gasteiger charge is 2.39. The minimum absolute atomic E-state index is 0.0226. The summed E-state index contributed by atoms with van der Waals surface area (Å²) in [5.41, 5.74) is -1.15. The lowest BCUT2D eigenvalue weighted by Crippen LogP contribution is -2.27. The molecule has 2 unspecified atom stereocenters. The number of halogens is 1. The highest BCUT2D eigenvalue weighted by molar-refractivity contribution is 5.37. The van der Waals surface area contributed by atoms with E-state index in [0.717, 1.165) is 0 Å². The summed E-state index contributed by atoms with van der Waals surface area (Å²) in [6.45, 7) is 2.56. The van der Waals surface area contributed by atoms with Crippen LogP contribution in [0.5, 0.6) is 5.75 Å². The molecule has 2 atom stereocenters. The molecule has 1 N–H and O–H groups in total. The number of aromatic hydroxyl groups is 1. The average molecular weight is 210 g/mol. The molecule has 15 heavy (non-hydrogen) atoms. The number of hydrogen-bond donors (Lipinski definition) is 1. The van der Waals surface area contributed by atoms with Crippen molar-refractivity contribution < 1.29 is 14.2 Å². The lowest BCUT2D eigenvalue weighted by molar-refractivity contribution is 0.0800. The van der Waals surface area contributed by atoms with E-state index < -0.39 is 5.67 Å². The quantitative estimate of drug-likeness (QED) is 0.813. The Kier molecular flexibility index (Phi) is 2.65. The molecule has 1 aliphatic heterocycles. The molecule has 0 aromatic heterocycles. The van der Waals surface area contributed by atoms with Gasteiger partial charge >= 0.3 is 0 Å². The first kappa shape index (κ1) is 10.4. The standard InChI is InChI=1S/C12H15FO2/c1-12(13,9-6-7-15-8-9)10-4-2-3-5-11(10)14/h2-5,9,14H,6-8H2,1H3. The average Bonchev–Trinajstić information content (AvgIpc) is 2.71. The third kappa shape index (κ3) is 1.84. The molecule has 3 heteroatoms. The second-order valence-corrected chi connectivity index (χ2v) is 4.15. The fourth-order valence-corrected chi connectivity index (χ4v) is 2.07. The van der Waals surface area contributed by atoms with Crippen molar-refractivity contribution in [2.24, 2.45) is 5.92 Å². The zero-order valence-electron chi connectivity index (χ0n) is 8.74. The molecule has 1 aliphatic rings. The van der Waals surface area contributed by atoms with Crippen LogP contribution in [0.25, 0.3) is 0 Å². The van der Waals surface area contributed by atoms with E-state index in [1.165, 1.54) is 13.0 Å². The molecule has 0 spiro atoms. The summed E-state index contributed by atoms with van der Waals surface area (Å²) in [7, 11) is 0. The Bertz CT molecular complexity index is 343. The van der Waals surface area contributed by atoms with Crippen LogP contribution in [0.1, 0.15) is 18.9 Å². The van der Waals surface area contributed by atoms with Crippen molar-refractivity contribution in [3.63, 3.8) is 0 Å². The minimum Gasteiger partial charge on any atom is -0.508 e. The van der Waals surface area contributed by atoms with Crippen molar-refractivity contribution in [2.45, 2.75) is 19.0 Å². The fraction of sp³-hybridized carbons (Fsp3) is 0.500. The smallest absolute Gasteiger partial charge is 0.141 e. The van der Waals surface area contributed by atoms with Crippen LogP contribution in [-0.2, 0) is 10.4 Å². The SMILES string of the molecule is CC(F)(c1ccccc1O)C1CCOC1. The summed E-state index contributed by atoms with van der Waals surface area (Å²) in [6, 6.07) is 6.58. The number of ether oxygens (including phenoxy) is 1. The van der Waals surface area contributed by atoms with E-state index >= 15 is 0 Å². The van der Waals surface area contributed by atoms with Gasteiger partial charge in [-0.3, -0.25) is 0 Å². The number of phenolic OH excluding ortho intramolecular Hbond substituents is 1. The molecular weight excluding hydrogens is 195 g/mol. The van der Waals surface area contributed by atoms with Gasteiger partial charge in [0.25, 0.3) is 0 Å². The van der Waals surface area contributed by atoms with Crippen LogP contribution in [0.2, 0.25) is 0 Å². The van der Waals surface area contributed by atoms with Crippen LogP contribution >= 0.6 is 0 Å². The molecule has 0 bridgehead atoms. The van der Waals surface area contributed by atoms with Crippen molar-refractivity contribution in [1.82, 2.24) is 0 Å². The number of benzene rings is 1. The monoisotopic (exact) mass is 210 g/mol. The van der Waals surface area contributed by atoms with Gasteiger partial charge in [0.2, 0.25) is 0 Å². The van der Waals surface area contributed by atoms with Gasteiger partial charge in [0, 0.05) is 18.1 Å². The summed E-state index contributed by atoms with van der Waals surface area (Å²) >= 11 is 0. The van der Waals surface area contributed by atoms with Gasteiger partial charge in [-0.1, -0.05) is 18.2 Å². The van der Waals surface area contributed by atoms with Crippen molar-refractivity contribution in [2.75, 3.05) is 13.2 Å². The third-order valence-electron chi connectivity index (χ3n) is 3.13. The molecule has 0 radical (unpaired) electrons. The summed E-state index contributed by atoms with van der Waals surface area (Å²) < 4.78 is 19.7. The van der Waals surface area contributed by atoms with Crippen LogP contribution in [-0.4, -0.2) is 18.3 Å². The van der Waals surface area contributed by atoms with Gasteiger partial charge in [-0.15, -0.1) is 0 Å². The zero-order chi connectivity index (χ0) is 10.9. The summed E-state index contributed by atoms with van der Waals surface area (Å²) in [5.74, 6) is -0.139. The van der Waals surface area contributed by atoms with Crippen LogP contribution in [0.4, 0.5) is 4.39 Å². The van der Waals surface area contributed by atoms with E-state index in [4.69, 9.17) is 4.74 Å². The summed E-state index contributed by atoms with van der Waals surface area (Å²) in [5, 5.41) is 9.63. The first-order chi connectivity index (χ1) is 7.12. The Morgan fingerprint density at radius 3 is 2.80 bits per heavy atom. The maximum absolute atomic E-state index is 14.5. The Hall–Kier alpha value is -1.09. The van der Waals surface area contributed by atoms with Crippen LogP contribution in [0, 0.1) is 5.92 Å². The van der Waals surface area contributed by atoms with Crippen molar-refractivity contribution in [1.29, 1.82) is 0 Å². The van der Waals surface area contributed by atoms with Crippen LogP contribution < -0.4 is 0 Å². The summed E-state index contributed by atoms with van der Waals surface area (Å²) in [6.07, 6.45) is 0.710. The molecule has 0 saturated carbocycles. The number of phenols is 1. The van der Waals surface area contributed by atoms with E-state index in [1.54, 1.807) is 18.2 Å². The normalized spacial score (nSPS) is 25.1. The van der Waals surface area contributed by atoms with Crippen LogP contribution in [0.15, 0.2) is 24.3 Å². The van der Waals surface area contributed by atoms with Crippen molar-refractivity contribution >= 4 is 0 Å². The van der Waals surface area contributed by atoms with Crippen LogP contribution in [0.3, 0.4) is 0 Å². The lowest BCUT2D eigenvalue weighted by Gasteiger charge is -2.27. The Balaban J connectivity index is 2.31. The van der Waals surface area contributed by atoms with E-state index in [2.05, 4.69) is 0 Å². The molecule has 2 nitrogen and oxygen atoms in total. The topological polar surface area (TPSA) is 29.5 Å². The maximum Gasteiger partial charge on any atom is 0.141 e. The molecule has 82 valence electrons. The van der Waals surface area contributed by atoms with Gasteiger partial charge in [-0.05, 0) is 19.4 Å². The Morgan fingerprint density at radius 2 is 2.20 bits per heavy atom. The van der Waals surface area contributed by atoms with Gasteiger partial charge in [0.1, 0.15) is 11.4 Å². The van der Waals surface area contributed by atoms with Gasteiger partial charge < -0.3 is 9.84 Å². The molecule has 1 heterocycles. The van der Waals surface area contributed by atoms with E-state index in [0.29, 0.717) is 25.2 Å². The first-order valence-corrected chi connectivity index (χ1v) is 5.17. The van der Waals surface area contributed by atoms with Crippen molar-refractivity contribution in [3.8, 4) is 5.75 Å². The van der Waals surface area contributed by atoms with Gasteiger partial charge in [-0.25, -0.2) is 4.39 Å². The predicted molar refractivity (Wildman–Crippen MR) is 55.5 cm³/mol. The number of alkyl halides is 1. The number of rotatable bonds is 2. The third-order valence-corrected chi connectivity index (χ3v) is 3.13. The predicted octanol–water partition coefficient (Wildman–Crippen LogP) is 2.61. The molecule has 1 fully saturated rings. The number of hydrogen-bond acceptors (Lipinski definition) is 2. The second kappa shape index (κ2) is 3.81. The molecular formula is C12H15FO2. The molecule has 0 aliphatic carbocycles. The summed E-state index contributed by atoms with van der Waals surface area (Å²) in [4.78, 5) is 0. The molecule has 0 amide bonds. The van der Waals surface area contributed by atoms with E-state index in [1.807, 2.05) is 0 Å². The van der Waals surface area contributed by atoms with E-state index in [9.17, 15) is 9.50 Å². The molecule has 1 saturated heterocycles. The second-order valence-electron chi connectivity index (χ2n) is 4.15. The Morgan fingerprint density at radius 1 is 1.47 bits per heavy atom. The number of para-hydroxylation sites is 1. The van der Waals surface area contributed by atoms with Crippen molar-refractivity contribution in [3.05, 3.63) is 29.8 Å². The lowest BCUT2D eigenvalue weighted by atomic mass is 9.83. The molecule has 1 aromatic rings. The van der Waals surface area contributed by atoms with Gasteiger partial charge in [-0.2, -0.15) is 0 Å². The first-order valence-electron chi connectivity index (χ1n) is 5.17. The van der Waals surface area contributed by atoms with Gasteiger partial charge in [0.05, 0.1) is 6.61 Å². The fourth-order valence-electron chi connectivity index (χ4n) is 2.07. The largest absolute Gasteiger partial charge is 0.508 e. The highest BCUT2D eigenvalue weighted by Crippen LogP contribution is 2.41. The zero-order valence-corrected chi connectivity index (χ0v) is 8.74. The molecule has 1 aromatic carbocycles. The van der Waals surface area contributed by atoms with E-state index in [-0.39, 0.29) is 11.7 Å². The maximum atomic E-state index is 14.5. The minimum atomic E-state index is -1.51.